The third-order valence-corrected chi connectivity index (χ3v) is 3.32. The summed E-state index contributed by atoms with van der Waals surface area (Å²) in [6.07, 6.45) is 0. The molecule has 0 aromatic heterocycles. The van der Waals surface area contributed by atoms with Crippen molar-refractivity contribution in [2.75, 3.05) is 14.1 Å². The van der Waals surface area contributed by atoms with Gasteiger partial charge in [-0.25, -0.2) is 0 Å². The van der Waals surface area contributed by atoms with E-state index < -0.39 is 5.91 Å². The first-order chi connectivity index (χ1) is 11.4. The van der Waals surface area contributed by atoms with E-state index in [1.54, 1.807) is 45.3 Å². The van der Waals surface area contributed by atoms with Crippen LogP contribution in [0.3, 0.4) is 0 Å². The van der Waals surface area contributed by atoms with E-state index in [1.165, 1.54) is 0 Å². The average molecular weight is 427 g/mol. The van der Waals surface area contributed by atoms with Gasteiger partial charge in [-0.15, -0.1) is 5.10 Å². The third kappa shape index (κ3) is 7.57. The molecule has 0 aliphatic carbocycles. The van der Waals surface area contributed by atoms with E-state index in [4.69, 9.17) is 31.0 Å². The second-order valence-electron chi connectivity index (χ2n) is 4.39. The Morgan fingerprint density at radius 2 is 1.36 bits per heavy atom. The van der Waals surface area contributed by atoms with Gasteiger partial charge >= 0.3 is 17.1 Å². The van der Waals surface area contributed by atoms with E-state index in [0.29, 0.717) is 22.6 Å². The second-order valence-corrected chi connectivity index (χ2v) is 5.16. The molecule has 137 valence electrons. The van der Waals surface area contributed by atoms with Gasteiger partial charge in [0.2, 0.25) is 5.91 Å². The van der Waals surface area contributed by atoms with Crippen LogP contribution in [0.1, 0.15) is 22.8 Å². The van der Waals surface area contributed by atoms with Crippen molar-refractivity contribution in [2.45, 2.75) is 6.92 Å². The molecule has 1 amide bonds. The van der Waals surface area contributed by atoms with Crippen LogP contribution in [0.2, 0.25) is 0 Å². The molecule has 1 radical (unpaired) electrons. The molecule has 0 spiro atoms. The molecule has 1 aromatic carbocycles. The Hall–Kier alpha value is -2.07. The minimum Gasteiger partial charge on any atom is -0.741 e. The maximum atomic E-state index is 11.2. The molecule has 0 aliphatic heterocycles. The summed E-state index contributed by atoms with van der Waals surface area (Å²) in [6, 6.07) is 6.55. The molecule has 25 heavy (non-hydrogen) atoms. The average Bonchev–Trinajstić information content (AvgIpc) is 2.59. The van der Waals surface area contributed by atoms with Crippen LogP contribution in [0.5, 0.6) is 0 Å². The maximum Gasteiger partial charge on any atom is 2.00 e. The molecule has 0 saturated heterocycles. The quantitative estimate of drug-likeness (QED) is 0.203. The summed E-state index contributed by atoms with van der Waals surface area (Å²) in [6.45, 7) is 1.71. The molecule has 0 heterocycles. The van der Waals surface area contributed by atoms with Crippen molar-refractivity contribution < 1.29 is 21.9 Å². The summed E-state index contributed by atoms with van der Waals surface area (Å²) >= 11 is 9.87. The largest absolute Gasteiger partial charge is 2.00 e. The van der Waals surface area contributed by atoms with Gasteiger partial charge in [0.15, 0.2) is 0 Å². The summed E-state index contributed by atoms with van der Waals surface area (Å²) in [5.41, 5.74) is 7.21. The topological polar surface area (TPSA) is 117 Å². The number of amides is 1. The maximum absolute atomic E-state index is 11.2. The normalized spacial score (nSPS) is 13.1. The number of hydrogen-bond acceptors (Lipinski definition) is 7. The molecule has 1 rings (SSSR count). The molecule has 8 nitrogen and oxygen atoms in total. The van der Waals surface area contributed by atoms with E-state index >= 15 is 0 Å². The van der Waals surface area contributed by atoms with Crippen molar-refractivity contribution in [3.63, 3.8) is 0 Å². The number of carbonyl (C=O) groups excluding carboxylic acids is 1. The third-order valence-electron chi connectivity index (χ3n) is 2.74. The van der Waals surface area contributed by atoms with Gasteiger partial charge in [-0.1, -0.05) is 12.1 Å². The van der Waals surface area contributed by atoms with Crippen LogP contribution in [0.15, 0.2) is 44.7 Å². The zero-order chi connectivity index (χ0) is 18.1. The second kappa shape index (κ2) is 11.5. The van der Waals surface area contributed by atoms with Crippen molar-refractivity contribution in [3.8, 4) is 0 Å². The van der Waals surface area contributed by atoms with Crippen molar-refractivity contribution >= 4 is 52.9 Å². The zero-order valence-electron chi connectivity index (χ0n) is 13.7. The fourth-order valence-corrected chi connectivity index (χ4v) is 1.58. The number of hydrogen-bond donors (Lipinski definition) is 3. The number of nitrogens with one attached hydrogen (secondary N) is 2. The Morgan fingerprint density at radius 3 is 1.80 bits per heavy atom. The van der Waals surface area contributed by atoms with Crippen molar-refractivity contribution in [2.24, 2.45) is 26.1 Å². The molecule has 0 unspecified atom stereocenters. The van der Waals surface area contributed by atoms with Crippen LogP contribution in [-0.2, 0) is 42.3 Å². The summed E-state index contributed by atoms with van der Waals surface area (Å²) in [7, 11) is 3.29. The Balaban J connectivity index is 0.00000576. The first kappa shape index (κ1) is 22.9. The van der Waals surface area contributed by atoms with E-state index in [0.717, 1.165) is 0 Å². The molecule has 0 saturated carbocycles. The summed E-state index contributed by atoms with van der Waals surface area (Å²) < 4.78 is 0. The molecule has 0 fully saturated rings. The summed E-state index contributed by atoms with van der Waals surface area (Å²) in [4.78, 5) is 11.2. The van der Waals surface area contributed by atoms with Crippen LogP contribution in [0, 0.1) is 0 Å². The number of carbonyl (C=O) groups is 1. The van der Waals surface area contributed by atoms with Crippen LogP contribution in [0.25, 0.3) is 0 Å². The van der Waals surface area contributed by atoms with Crippen LogP contribution >= 0.6 is 0 Å². The Labute approximate surface area is 167 Å². The zero-order valence-corrected chi connectivity index (χ0v) is 16.3. The predicted octanol–water partition coefficient (Wildman–Crippen LogP) is 0.108. The molecule has 11 heteroatoms. The fraction of sp³-hybridized carbons (Fsp3) is 0.214. The number of nitrogens with zero attached hydrogens (tertiary/aromatic N) is 4. The van der Waals surface area contributed by atoms with Crippen LogP contribution < -0.4 is 16.4 Å². The van der Waals surface area contributed by atoms with Crippen molar-refractivity contribution in [1.29, 1.82) is 0 Å². The Morgan fingerprint density at radius 1 is 0.920 bits per heavy atom. The minimum atomic E-state index is -0.513. The summed E-state index contributed by atoms with van der Waals surface area (Å²) in [5, 5.41) is 21.7. The molecule has 0 atom stereocenters. The predicted molar refractivity (Wildman–Crippen MR) is 102 cm³/mol. The molecule has 4 N–H and O–H groups in total. The molecule has 0 aliphatic rings. The molecular formula is C14H17CuN7OS2. The van der Waals surface area contributed by atoms with Crippen molar-refractivity contribution in [3.05, 3.63) is 35.4 Å². The number of amidine groups is 2. The Bertz CT molecular complexity index is 714. The van der Waals surface area contributed by atoms with Gasteiger partial charge in [0.1, 0.15) is 5.71 Å². The van der Waals surface area contributed by atoms with Gasteiger partial charge in [-0.2, -0.15) is 15.3 Å². The summed E-state index contributed by atoms with van der Waals surface area (Å²) in [5.74, 6) is -0.513. The first-order valence-electron chi connectivity index (χ1n) is 6.77. The molecule has 1 aromatic rings. The number of primary amides is 1. The van der Waals surface area contributed by atoms with Crippen LogP contribution in [-0.4, -0.2) is 41.8 Å². The minimum absolute atomic E-state index is 0. The van der Waals surface area contributed by atoms with Gasteiger partial charge in [0, 0.05) is 25.2 Å². The van der Waals surface area contributed by atoms with E-state index in [1.807, 2.05) is 0 Å². The standard InChI is InChI=1S/C14H19N7OS2.Cu/c1-8(18-20-13(23)16-2)11(19-21-14(24)17-3)9-4-6-10(7-5-9)12(15)22;/h4-7H,1-3H3,(H2,15,22)(H2,16,20,23)(H2,17,21,24);/q;+2/p-2. The smallest absolute Gasteiger partial charge is 0.741 e. The first-order valence-corrected chi connectivity index (χ1v) is 7.58. The van der Waals surface area contributed by atoms with Gasteiger partial charge < -0.3 is 41.6 Å². The Kier molecular flexibility index (Phi) is 10.5. The van der Waals surface area contributed by atoms with Crippen molar-refractivity contribution in [1.82, 2.24) is 10.6 Å². The van der Waals surface area contributed by atoms with Gasteiger partial charge in [0.05, 0.1) is 5.71 Å². The van der Waals surface area contributed by atoms with Gasteiger partial charge in [-0.3, -0.25) is 4.79 Å². The number of benzene rings is 1. The van der Waals surface area contributed by atoms with E-state index in [2.05, 4.69) is 31.0 Å². The molecular weight excluding hydrogens is 410 g/mol. The van der Waals surface area contributed by atoms with E-state index in [-0.39, 0.29) is 27.4 Å². The number of nitrogens with two attached hydrogens (primary N) is 1. The number of rotatable bonds is 5. The van der Waals surface area contributed by atoms with Gasteiger partial charge in [0.25, 0.3) is 0 Å². The monoisotopic (exact) mass is 426 g/mol. The van der Waals surface area contributed by atoms with E-state index in [9.17, 15) is 4.79 Å². The molecule has 0 bridgehead atoms. The van der Waals surface area contributed by atoms with Gasteiger partial charge in [-0.05, 0) is 29.4 Å². The fourth-order valence-electron chi connectivity index (χ4n) is 1.49. The SMILES string of the molecule is CNC([S-])=NN=C(C)C(=NN=C([S-])NC)c1ccc(C(N)=O)cc1.[Cu+2]. The van der Waals surface area contributed by atoms with Crippen LogP contribution in [0.4, 0.5) is 0 Å².